The first kappa shape index (κ1) is 9.99. The van der Waals surface area contributed by atoms with E-state index in [1.54, 1.807) is 6.07 Å². The third-order valence-electron chi connectivity index (χ3n) is 2.31. The quantitative estimate of drug-likeness (QED) is 0.705. The molecule has 0 saturated carbocycles. The van der Waals surface area contributed by atoms with Crippen LogP contribution < -0.4 is 5.49 Å². The van der Waals surface area contributed by atoms with Crippen LogP contribution in [0.1, 0.15) is 5.56 Å². The molecule has 0 aliphatic rings. The molecule has 0 amide bonds. The average molecular weight is 211 g/mol. The zero-order valence-electron chi connectivity index (χ0n) is 8.38. The molecule has 0 saturated heterocycles. The van der Waals surface area contributed by atoms with Gasteiger partial charge in [-0.2, -0.15) is 9.99 Å². The lowest BCUT2D eigenvalue weighted by Gasteiger charge is -2.05. The first-order chi connectivity index (χ1) is 7.74. The van der Waals surface area contributed by atoms with E-state index in [9.17, 15) is 5.21 Å². The number of hydrogen-bond acceptors (Lipinski definition) is 3. The summed E-state index contributed by atoms with van der Waals surface area (Å²) in [5.41, 5.74) is 1.46. The van der Waals surface area contributed by atoms with Crippen molar-refractivity contribution < 1.29 is 5.21 Å². The number of aromatic nitrogens is 1. The van der Waals surface area contributed by atoms with Crippen molar-refractivity contribution >= 4 is 0 Å². The summed E-state index contributed by atoms with van der Waals surface area (Å²) in [5, 5.41) is 25.8. The lowest BCUT2D eigenvalue weighted by Crippen LogP contribution is -2.20. The molecular formula is C12H9N3O. The number of hydrogen-bond donors (Lipinski definition) is 2. The zero-order chi connectivity index (χ0) is 11.5. The highest BCUT2D eigenvalue weighted by atomic mass is 16.5. The molecule has 0 bridgehead atoms. The van der Waals surface area contributed by atoms with Crippen LogP contribution in [0.15, 0.2) is 42.6 Å². The van der Waals surface area contributed by atoms with Gasteiger partial charge in [0.15, 0.2) is 5.49 Å². The normalized spacial score (nSPS) is 9.69. The maximum absolute atomic E-state index is 9.28. The second kappa shape index (κ2) is 3.91. The lowest BCUT2D eigenvalue weighted by atomic mass is 10.0. The summed E-state index contributed by atoms with van der Waals surface area (Å²) in [4.78, 5) is 0. The highest BCUT2D eigenvalue weighted by molar-refractivity contribution is 5.69. The van der Waals surface area contributed by atoms with E-state index in [1.165, 1.54) is 6.20 Å². The lowest BCUT2D eigenvalue weighted by molar-refractivity contribution is 0.170. The third kappa shape index (κ3) is 1.55. The van der Waals surface area contributed by atoms with Crippen molar-refractivity contribution in [1.82, 2.24) is 4.73 Å². The molecule has 0 aliphatic heterocycles. The molecule has 78 valence electrons. The van der Waals surface area contributed by atoms with Crippen molar-refractivity contribution in [3.63, 3.8) is 0 Å². The molecule has 0 fully saturated rings. The predicted octanol–water partition coefficient (Wildman–Crippen LogP) is 1.74. The number of nitrogens with zero attached hydrogens (tertiary/aromatic N) is 2. The number of nitrogens with one attached hydrogen (secondary N) is 1. The summed E-state index contributed by atoms with van der Waals surface area (Å²) < 4.78 is 0.630. The van der Waals surface area contributed by atoms with Crippen LogP contribution in [0.4, 0.5) is 0 Å². The molecule has 1 aromatic heterocycles. The Morgan fingerprint density at radius 3 is 2.50 bits per heavy atom. The minimum absolute atomic E-state index is 0.163. The van der Waals surface area contributed by atoms with Gasteiger partial charge in [0.1, 0.15) is 11.6 Å². The van der Waals surface area contributed by atoms with E-state index in [0.29, 0.717) is 10.3 Å². The number of benzene rings is 1. The molecule has 4 nitrogen and oxygen atoms in total. The minimum atomic E-state index is -0.205. The van der Waals surface area contributed by atoms with Gasteiger partial charge >= 0.3 is 0 Å². The molecule has 0 atom stereocenters. The Morgan fingerprint density at radius 2 is 1.88 bits per heavy atom. The molecule has 0 unspecified atom stereocenters. The van der Waals surface area contributed by atoms with Crippen LogP contribution in [0.5, 0.6) is 0 Å². The maximum Gasteiger partial charge on any atom is 0.179 e. The number of rotatable bonds is 1. The van der Waals surface area contributed by atoms with Crippen LogP contribution in [-0.4, -0.2) is 9.94 Å². The highest BCUT2D eigenvalue weighted by Gasteiger charge is 2.08. The van der Waals surface area contributed by atoms with Gasteiger partial charge in [-0.05, 0) is 11.6 Å². The van der Waals surface area contributed by atoms with E-state index >= 15 is 0 Å². The highest BCUT2D eigenvalue weighted by Crippen LogP contribution is 2.19. The summed E-state index contributed by atoms with van der Waals surface area (Å²) in [7, 11) is 0. The molecule has 4 heteroatoms. The Hall–Kier alpha value is -2.54. The summed E-state index contributed by atoms with van der Waals surface area (Å²) in [6, 6.07) is 12.9. The Balaban J connectivity index is 2.74. The van der Waals surface area contributed by atoms with E-state index in [0.717, 1.165) is 5.56 Å². The van der Waals surface area contributed by atoms with E-state index < -0.39 is 0 Å². The fourth-order valence-corrected chi connectivity index (χ4v) is 1.52. The minimum Gasteiger partial charge on any atom is -0.427 e. The van der Waals surface area contributed by atoms with Gasteiger partial charge < -0.3 is 5.21 Å². The zero-order valence-corrected chi connectivity index (χ0v) is 8.38. The molecule has 1 aromatic carbocycles. The average Bonchev–Trinajstić information content (AvgIpc) is 2.33. The second-order valence-electron chi connectivity index (χ2n) is 3.28. The van der Waals surface area contributed by atoms with Crippen LogP contribution in [-0.2, 0) is 0 Å². The smallest absolute Gasteiger partial charge is 0.179 e. The predicted molar refractivity (Wildman–Crippen MR) is 57.6 cm³/mol. The van der Waals surface area contributed by atoms with Crippen molar-refractivity contribution in [3.05, 3.63) is 53.6 Å². The van der Waals surface area contributed by atoms with E-state index in [4.69, 9.17) is 10.7 Å². The molecule has 0 aliphatic carbocycles. The Kier molecular flexibility index (Phi) is 2.44. The number of pyridine rings is 1. The van der Waals surface area contributed by atoms with Crippen molar-refractivity contribution in [1.29, 1.82) is 10.7 Å². The first-order valence-electron chi connectivity index (χ1n) is 4.69. The molecule has 16 heavy (non-hydrogen) atoms. The van der Waals surface area contributed by atoms with Gasteiger partial charge in [0.25, 0.3) is 0 Å². The van der Waals surface area contributed by atoms with Gasteiger partial charge in [0.05, 0.1) is 0 Å². The van der Waals surface area contributed by atoms with Gasteiger partial charge in [-0.3, -0.25) is 5.41 Å². The topological polar surface area (TPSA) is 72.8 Å². The first-order valence-corrected chi connectivity index (χ1v) is 4.69. The maximum atomic E-state index is 9.28. The van der Waals surface area contributed by atoms with Crippen LogP contribution in [0.25, 0.3) is 11.1 Å². The molecule has 2 aromatic rings. The standard InChI is InChI=1S/C12H9N3O/c13-8-11-10(6-7-15(16)12(11)14)9-4-2-1-3-5-9/h1-7,14,16H. The van der Waals surface area contributed by atoms with Gasteiger partial charge in [-0.1, -0.05) is 30.3 Å². The van der Waals surface area contributed by atoms with Gasteiger partial charge in [-0.25, -0.2) is 0 Å². The molecule has 2 N–H and O–H groups in total. The van der Waals surface area contributed by atoms with Crippen LogP contribution in [0, 0.1) is 16.7 Å². The summed E-state index contributed by atoms with van der Waals surface area (Å²) >= 11 is 0. The van der Waals surface area contributed by atoms with Crippen molar-refractivity contribution in [2.24, 2.45) is 0 Å². The Bertz CT molecular complexity index is 608. The molecule has 0 spiro atoms. The van der Waals surface area contributed by atoms with Crippen LogP contribution in [0.3, 0.4) is 0 Å². The monoisotopic (exact) mass is 211 g/mol. The van der Waals surface area contributed by atoms with Gasteiger partial charge in [0, 0.05) is 11.8 Å². The SMILES string of the molecule is N#Cc1c(-c2ccccc2)ccn(O)c1=N. The molecule has 2 rings (SSSR count). The van der Waals surface area contributed by atoms with Crippen molar-refractivity contribution in [2.75, 3.05) is 0 Å². The Morgan fingerprint density at radius 1 is 1.19 bits per heavy atom. The van der Waals surface area contributed by atoms with E-state index in [1.807, 2.05) is 36.4 Å². The summed E-state index contributed by atoms with van der Waals surface area (Å²) in [6.45, 7) is 0. The second-order valence-corrected chi connectivity index (χ2v) is 3.28. The van der Waals surface area contributed by atoms with Gasteiger partial charge in [0.2, 0.25) is 0 Å². The molecule has 1 heterocycles. The van der Waals surface area contributed by atoms with E-state index in [2.05, 4.69) is 0 Å². The van der Waals surface area contributed by atoms with E-state index in [-0.39, 0.29) is 11.1 Å². The summed E-state index contributed by atoms with van der Waals surface area (Å²) in [6.07, 6.45) is 1.35. The van der Waals surface area contributed by atoms with Gasteiger partial charge in [-0.15, -0.1) is 0 Å². The van der Waals surface area contributed by atoms with Crippen LogP contribution >= 0.6 is 0 Å². The van der Waals surface area contributed by atoms with Crippen molar-refractivity contribution in [3.8, 4) is 17.2 Å². The number of nitriles is 1. The third-order valence-corrected chi connectivity index (χ3v) is 2.31. The largest absolute Gasteiger partial charge is 0.427 e. The Labute approximate surface area is 92.1 Å². The van der Waals surface area contributed by atoms with Crippen molar-refractivity contribution in [2.45, 2.75) is 0 Å². The summed E-state index contributed by atoms with van der Waals surface area (Å²) in [5.74, 6) is 0. The van der Waals surface area contributed by atoms with Crippen LogP contribution in [0.2, 0.25) is 0 Å². The molecule has 0 radical (unpaired) electrons. The fourth-order valence-electron chi connectivity index (χ4n) is 1.52. The fraction of sp³-hybridized carbons (Fsp3) is 0. The molecular weight excluding hydrogens is 202 g/mol.